The summed E-state index contributed by atoms with van der Waals surface area (Å²) >= 11 is 6.77. The van der Waals surface area contributed by atoms with Crippen LogP contribution in [0.2, 0.25) is 0 Å². The molecule has 2 heteroatoms. The first-order valence-corrected chi connectivity index (χ1v) is 4.28. The molecule has 0 radical (unpaired) electrons. The van der Waals surface area contributed by atoms with Gasteiger partial charge in [0.2, 0.25) is 0 Å². The van der Waals surface area contributed by atoms with Crippen molar-refractivity contribution in [2.75, 3.05) is 0 Å². The van der Waals surface area contributed by atoms with Crippen LogP contribution in [-0.4, -0.2) is 4.86 Å². The summed E-state index contributed by atoms with van der Waals surface area (Å²) in [5.41, 5.74) is 1.42. The Bertz CT molecular complexity index is 223. The second-order valence-electron chi connectivity index (χ2n) is 2.28. The van der Waals surface area contributed by atoms with Crippen molar-refractivity contribution >= 4 is 28.4 Å². The molecule has 1 aromatic rings. The van der Waals surface area contributed by atoms with Gasteiger partial charge >= 0.3 is 0 Å². The van der Waals surface area contributed by atoms with Gasteiger partial charge in [0.25, 0.3) is 0 Å². The molecule has 1 aliphatic carbocycles. The standard InChI is InChI=1S/C7H6S2/c8-7-3-6(7)5-1-2-9-4-5/h1-2,4,6H,3H2. The van der Waals surface area contributed by atoms with Crippen molar-refractivity contribution in [3.8, 4) is 0 Å². The third-order valence-electron chi connectivity index (χ3n) is 1.58. The lowest BCUT2D eigenvalue weighted by Crippen LogP contribution is -1.71. The number of rotatable bonds is 1. The molecule has 0 spiro atoms. The van der Waals surface area contributed by atoms with Crippen molar-refractivity contribution in [3.05, 3.63) is 22.4 Å². The Morgan fingerprint density at radius 1 is 1.67 bits per heavy atom. The average molecular weight is 154 g/mol. The molecule has 1 fully saturated rings. The van der Waals surface area contributed by atoms with Gasteiger partial charge in [0, 0.05) is 10.8 Å². The summed E-state index contributed by atoms with van der Waals surface area (Å²) in [7, 11) is 0. The maximum Gasteiger partial charge on any atom is 0.0207 e. The molecule has 1 unspecified atom stereocenters. The van der Waals surface area contributed by atoms with Gasteiger partial charge < -0.3 is 0 Å². The molecule has 0 aromatic carbocycles. The molecule has 0 nitrogen and oxygen atoms in total. The highest BCUT2D eigenvalue weighted by Gasteiger charge is 2.31. The molecule has 1 aliphatic rings. The molecule has 1 heterocycles. The summed E-state index contributed by atoms with van der Waals surface area (Å²) in [5, 5.41) is 4.29. The van der Waals surface area contributed by atoms with Gasteiger partial charge in [-0.3, -0.25) is 0 Å². The topological polar surface area (TPSA) is 0 Å². The molecule has 46 valence electrons. The van der Waals surface area contributed by atoms with E-state index in [1.807, 2.05) is 0 Å². The number of hydrogen-bond donors (Lipinski definition) is 0. The van der Waals surface area contributed by atoms with Gasteiger partial charge in [0.15, 0.2) is 0 Å². The van der Waals surface area contributed by atoms with Crippen LogP contribution in [0.1, 0.15) is 17.9 Å². The molecular formula is C7H6S2. The third-order valence-corrected chi connectivity index (χ3v) is 2.73. The van der Waals surface area contributed by atoms with E-state index in [0.29, 0.717) is 5.92 Å². The Morgan fingerprint density at radius 2 is 2.44 bits per heavy atom. The molecule has 9 heavy (non-hydrogen) atoms. The van der Waals surface area contributed by atoms with Crippen molar-refractivity contribution in [1.29, 1.82) is 0 Å². The van der Waals surface area contributed by atoms with Crippen LogP contribution in [-0.2, 0) is 0 Å². The van der Waals surface area contributed by atoms with E-state index in [4.69, 9.17) is 12.2 Å². The van der Waals surface area contributed by atoms with E-state index in [-0.39, 0.29) is 0 Å². The molecule has 1 saturated carbocycles. The van der Waals surface area contributed by atoms with Gasteiger partial charge in [0.05, 0.1) is 0 Å². The first kappa shape index (κ1) is 5.57. The van der Waals surface area contributed by atoms with Gasteiger partial charge in [-0.1, -0.05) is 12.2 Å². The molecule has 1 aromatic heterocycles. The van der Waals surface area contributed by atoms with E-state index in [1.165, 1.54) is 10.4 Å². The molecule has 0 N–H and O–H groups in total. The Hall–Kier alpha value is -0.210. The number of hydrogen-bond acceptors (Lipinski definition) is 2. The Balaban J connectivity index is 2.27. The maximum atomic E-state index is 5.02. The summed E-state index contributed by atoms with van der Waals surface area (Å²) in [6.07, 6.45) is 1.14. The van der Waals surface area contributed by atoms with E-state index < -0.39 is 0 Å². The minimum absolute atomic E-state index is 0.645. The summed E-state index contributed by atoms with van der Waals surface area (Å²) in [6, 6.07) is 2.16. The van der Waals surface area contributed by atoms with Crippen LogP contribution in [0.5, 0.6) is 0 Å². The van der Waals surface area contributed by atoms with Crippen LogP contribution in [0.25, 0.3) is 0 Å². The van der Waals surface area contributed by atoms with E-state index in [9.17, 15) is 0 Å². The minimum atomic E-state index is 0.645. The van der Waals surface area contributed by atoms with Crippen LogP contribution >= 0.6 is 23.6 Å². The molecule has 0 amide bonds. The van der Waals surface area contributed by atoms with E-state index >= 15 is 0 Å². The van der Waals surface area contributed by atoms with E-state index in [0.717, 1.165) is 6.42 Å². The van der Waals surface area contributed by atoms with Crippen molar-refractivity contribution in [2.24, 2.45) is 0 Å². The van der Waals surface area contributed by atoms with Gasteiger partial charge in [-0.25, -0.2) is 0 Å². The fraction of sp³-hybridized carbons (Fsp3) is 0.286. The van der Waals surface area contributed by atoms with E-state index in [1.54, 1.807) is 11.3 Å². The lowest BCUT2D eigenvalue weighted by atomic mass is 10.2. The number of thiocarbonyl (C=S) groups is 1. The SMILES string of the molecule is S=C1CC1c1ccsc1. The quantitative estimate of drug-likeness (QED) is 0.560. The second-order valence-corrected chi connectivity index (χ2v) is 3.58. The van der Waals surface area contributed by atoms with Crippen molar-refractivity contribution < 1.29 is 0 Å². The largest absolute Gasteiger partial charge is 0.152 e. The number of thiophene rings is 1. The second kappa shape index (κ2) is 1.89. The molecule has 0 saturated heterocycles. The molecule has 1 atom stereocenters. The fourth-order valence-corrected chi connectivity index (χ4v) is 1.94. The van der Waals surface area contributed by atoms with Crippen LogP contribution in [0, 0.1) is 0 Å². The monoisotopic (exact) mass is 154 g/mol. The zero-order valence-corrected chi connectivity index (χ0v) is 6.47. The van der Waals surface area contributed by atoms with Crippen LogP contribution < -0.4 is 0 Å². The highest BCUT2D eigenvalue weighted by Crippen LogP contribution is 2.38. The fourth-order valence-electron chi connectivity index (χ4n) is 0.919. The molecule has 0 aliphatic heterocycles. The zero-order chi connectivity index (χ0) is 6.27. The maximum absolute atomic E-state index is 5.02. The van der Waals surface area contributed by atoms with Gasteiger partial charge in [-0.2, -0.15) is 11.3 Å². The van der Waals surface area contributed by atoms with Crippen LogP contribution in [0.4, 0.5) is 0 Å². The summed E-state index contributed by atoms with van der Waals surface area (Å²) < 4.78 is 0. The molecule has 2 rings (SSSR count). The van der Waals surface area contributed by atoms with Gasteiger partial charge in [0.1, 0.15) is 0 Å². The summed E-state index contributed by atoms with van der Waals surface area (Å²) in [5.74, 6) is 0.645. The Morgan fingerprint density at radius 3 is 2.89 bits per heavy atom. The van der Waals surface area contributed by atoms with Crippen molar-refractivity contribution in [2.45, 2.75) is 12.3 Å². The molecular weight excluding hydrogens is 148 g/mol. The first-order chi connectivity index (χ1) is 4.38. The Kier molecular flexibility index (Phi) is 1.17. The van der Waals surface area contributed by atoms with Gasteiger partial charge in [-0.05, 0) is 28.8 Å². The zero-order valence-electron chi connectivity index (χ0n) is 4.83. The first-order valence-electron chi connectivity index (χ1n) is 2.93. The van der Waals surface area contributed by atoms with Crippen LogP contribution in [0.15, 0.2) is 16.8 Å². The Labute approximate surface area is 63.5 Å². The average Bonchev–Trinajstić information content (AvgIpc) is 2.44. The third kappa shape index (κ3) is 0.926. The summed E-state index contributed by atoms with van der Waals surface area (Å²) in [4.78, 5) is 1.23. The van der Waals surface area contributed by atoms with E-state index in [2.05, 4.69) is 16.8 Å². The summed E-state index contributed by atoms with van der Waals surface area (Å²) in [6.45, 7) is 0. The normalized spacial score (nSPS) is 24.4. The highest BCUT2D eigenvalue weighted by molar-refractivity contribution is 7.81. The lowest BCUT2D eigenvalue weighted by molar-refractivity contribution is 1.19. The van der Waals surface area contributed by atoms with Crippen molar-refractivity contribution in [3.63, 3.8) is 0 Å². The predicted octanol–water partition coefficient (Wildman–Crippen LogP) is 2.61. The highest BCUT2D eigenvalue weighted by atomic mass is 32.1. The lowest BCUT2D eigenvalue weighted by Gasteiger charge is -1.82. The smallest absolute Gasteiger partial charge is 0.0207 e. The van der Waals surface area contributed by atoms with Crippen LogP contribution in [0.3, 0.4) is 0 Å². The molecule has 0 bridgehead atoms. The van der Waals surface area contributed by atoms with Gasteiger partial charge in [-0.15, -0.1) is 0 Å². The van der Waals surface area contributed by atoms with Crippen molar-refractivity contribution in [1.82, 2.24) is 0 Å². The minimum Gasteiger partial charge on any atom is -0.152 e. The predicted molar refractivity (Wildman–Crippen MR) is 44.3 cm³/mol.